The van der Waals surface area contributed by atoms with Crippen molar-refractivity contribution in [2.75, 3.05) is 0 Å². The van der Waals surface area contributed by atoms with Gasteiger partial charge < -0.3 is 4.40 Å². The third-order valence-corrected chi connectivity index (χ3v) is 1.82. The number of hydrogen-bond donors (Lipinski definition) is 0. The van der Waals surface area contributed by atoms with Crippen LogP contribution in [0.15, 0.2) is 24.4 Å². The summed E-state index contributed by atoms with van der Waals surface area (Å²) in [5.74, 6) is 0. The second-order valence-corrected chi connectivity index (χ2v) is 2.78. The second-order valence-electron chi connectivity index (χ2n) is 2.78. The van der Waals surface area contributed by atoms with E-state index in [1.807, 2.05) is 25.3 Å². The molecule has 0 aromatic carbocycles. The minimum absolute atomic E-state index is 1.03. The van der Waals surface area contributed by atoms with Crippen LogP contribution in [0.25, 0.3) is 5.65 Å². The van der Waals surface area contributed by atoms with Gasteiger partial charge in [0.15, 0.2) is 0 Å². The molecule has 2 heteroatoms. The van der Waals surface area contributed by atoms with Gasteiger partial charge in [0, 0.05) is 17.6 Å². The third kappa shape index (κ3) is 0.909. The van der Waals surface area contributed by atoms with Crippen molar-refractivity contribution in [2.24, 2.45) is 0 Å². The van der Waals surface area contributed by atoms with Gasteiger partial charge in [0.2, 0.25) is 0 Å². The lowest BCUT2D eigenvalue weighted by atomic mass is 10.3. The van der Waals surface area contributed by atoms with Crippen LogP contribution in [0.2, 0.25) is 0 Å². The minimum Gasteiger partial charge on any atom is -0.306 e. The maximum atomic E-state index is 4.36. The molecule has 2 aromatic rings. The largest absolute Gasteiger partial charge is 0.306 e. The summed E-state index contributed by atoms with van der Waals surface area (Å²) in [5, 5.41) is 0. The van der Waals surface area contributed by atoms with E-state index in [4.69, 9.17) is 0 Å². The maximum absolute atomic E-state index is 4.36. The predicted molar refractivity (Wildman–Crippen MR) is 44.7 cm³/mol. The molecule has 56 valence electrons. The molecule has 0 amide bonds. The molecule has 0 fully saturated rings. The second kappa shape index (κ2) is 2.09. The molecule has 2 rings (SSSR count). The van der Waals surface area contributed by atoms with Crippen LogP contribution in [-0.2, 0) is 0 Å². The van der Waals surface area contributed by atoms with Gasteiger partial charge in [-0.05, 0) is 32.0 Å². The summed E-state index contributed by atoms with van der Waals surface area (Å²) in [4.78, 5) is 4.36. The molecule has 0 unspecified atom stereocenters. The molecule has 2 nitrogen and oxygen atoms in total. The van der Waals surface area contributed by atoms with Crippen molar-refractivity contribution in [3.05, 3.63) is 35.8 Å². The van der Waals surface area contributed by atoms with Crippen LogP contribution in [-0.4, -0.2) is 9.38 Å². The molecule has 0 aliphatic rings. The third-order valence-electron chi connectivity index (χ3n) is 1.82. The summed E-state index contributed by atoms with van der Waals surface area (Å²) < 4.78 is 2.08. The maximum Gasteiger partial charge on any atom is 0.137 e. The summed E-state index contributed by atoms with van der Waals surface area (Å²) in [7, 11) is 0. The van der Waals surface area contributed by atoms with E-state index < -0.39 is 0 Å². The standard InChI is InChI=1S/C9H10N2/c1-7-6-8(2)11-5-3-4-9(11)10-7/h3-6H,1-2H3. The predicted octanol–water partition coefficient (Wildman–Crippen LogP) is 1.95. The first-order chi connectivity index (χ1) is 5.27. The van der Waals surface area contributed by atoms with Crippen LogP contribution in [0.3, 0.4) is 0 Å². The lowest BCUT2D eigenvalue weighted by molar-refractivity contribution is 1.03. The average Bonchev–Trinajstić information content (AvgIpc) is 2.34. The molecule has 0 spiro atoms. The summed E-state index contributed by atoms with van der Waals surface area (Å²) >= 11 is 0. The van der Waals surface area contributed by atoms with Crippen LogP contribution >= 0.6 is 0 Å². The molecule has 0 bridgehead atoms. The van der Waals surface area contributed by atoms with Crippen molar-refractivity contribution >= 4 is 5.65 Å². The molecule has 2 aromatic heterocycles. The zero-order chi connectivity index (χ0) is 7.84. The Kier molecular flexibility index (Phi) is 1.22. The van der Waals surface area contributed by atoms with Crippen molar-refractivity contribution < 1.29 is 0 Å². The van der Waals surface area contributed by atoms with E-state index in [-0.39, 0.29) is 0 Å². The Labute approximate surface area is 65.5 Å². The van der Waals surface area contributed by atoms with E-state index in [9.17, 15) is 0 Å². The Balaban J connectivity index is 2.91. The Morgan fingerprint density at radius 1 is 1.36 bits per heavy atom. The molecule has 11 heavy (non-hydrogen) atoms. The molecule has 0 aliphatic carbocycles. The molecule has 0 atom stereocenters. The van der Waals surface area contributed by atoms with Gasteiger partial charge in [-0.3, -0.25) is 0 Å². The van der Waals surface area contributed by atoms with Gasteiger partial charge in [0.1, 0.15) is 5.65 Å². The number of hydrogen-bond acceptors (Lipinski definition) is 1. The van der Waals surface area contributed by atoms with Crippen LogP contribution in [0, 0.1) is 13.8 Å². The fourth-order valence-corrected chi connectivity index (χ4v) is 1.35. The zero-order valence-electron chi connectivity index (χ0n) is 6.70. The first-order valence-corrected chi connectivity index (χ1v) is 3.69. The fourth-order valence-electron chi connectivity index (χ4n) is 1.35. The van der Waals surface area contributed by atoms with Crippen LogP contribution in [0.4, 0.5) is 0 Å². The Morgan fingerprint density at radius 2 is 2.18 bits per heavy atom. The van der Waals surface area contributed by atoms with Crippen LogP contribution in [0.5, 0.6) is 0 Å². The lowest BCUT2D eigenvalue weighted by Gasteiger charge is -2.00. The Bertz CT molecular complexity index is 387. The van der Waals surface area contributed by atoms with Gasteiger partial charge >= 0.3 is 0 Å². The van der Waals surface area contributed by atoms with Crippen LogP contribution in [0.1, 0.15) is 11.4 Å². The van der Waals surface area contributed by atoms with Gasteiger partial charge in [0.25, 0.3) is 0 Å². The minimum atomic E-state index is 1.03. The molecular weight excluding hydrogens is 136 g/mol. The first kappa shape index (κ1) is 6.40. The average molecular weight is 146 g/mol. The topological polar surface area (TPSA) is 17.3 Å². The highest BCUT2D eigenvalue weighted by Crippen LogP contribution is 2.06. The van der Waals surface area contributed by atoms with Crippen molar-refractivity contribution in [1.29, 1.82) is 0 Å². The molecular formula is C9H10N2. The number of aryl methyl sites for hydroxylation is 2. The van der Waals surface area contributed by atoms with Gasteiger partial charge in [-0.1, -0.05) is 0 Å². The van der Waals surface area contributed by atoms with Crippen molar-refractivity contribution in [1.82, 2.24) is 9.38 Å². The number of nitrogens with zero attached hydrogens (tertiary/aromatic N) is 2. The monoisotopic (exact) mass is 146 g/mol. The number of aromatic nitrogens is 2. The molecule has 2 heterocycles. The highest BCUT2D eigenvalue weighted by Gasteiger charge is 1.96. The SMILES string of the molecule is Cc1cc(C)n2cccc2n1. The Hall–Kier alpha value is -1.31. The first-order valence-electron chi connectivity index (χ1n) is 3.69. The summed E-state index contributed by atoms with van der Waals surface area (Å²) in [6, 6.07) is 6.10. The van der Waals surface area contributed by atoms with Gasteiger partial charge in [0.05, 0.1) is 0 Å². The van der Waals surface area contributed by atoms with E-state index >= 15 is 0 Å². The molecule has 0 N–H and O–H groups in total. The van der Waals surface area contributed by atoms with Crippen molar-refractivity contribution in [2.45, 2.75) is 13.8 Å². The smallest absolute Gasteiger partial charge is 0.137 e. The van der Waals surface area contributed by atoms with Gasteiger partial charge in [-0.25, -0.2) is 4.98 Å². The van der Waals surface area contributed by atoms with Gasteiger partial charge in [-0.15, -0.1) is 0 Å². The highest BCUT2D eigenvalue weighted by atomic mass is 15.0. The quantitative estimate of drug-likeness (QED) is 0.555. The van der Waals surface area contributed by atoms with Gasteiger partial charge in [-0.2, -0.15) is 0 Å². The zero-order valence-corrected chi connectivity index (χ0v) is 6.70. The van der Waals surface area contributed by atoms with E-state index in [0.717, 1.165) is 11.3 Å². The van der Waals surface area contributed by atoms with Crippen LogP contribution < -0.4 is 0 Å². The van der Waals surface area contributed by atoms with Crippen molar-refractivity contribution in [3.63, 3.8) is 0 Å². The van der Waals surface area contributed by atoms with E-state index in [1.54, 1.807) is 0 Å². The number of fused-ring (bicyclic) bond motifs is 1. The molecule has 0 saturated carbocycles. The molecule has 0 saturated heterocycles. The normalized spacial score (nSPS) is 10.7. The Morgan fingerprint density at radius 3 is 3.00 bits per heavy atom. The molecule has 0 radical (unpaired) electrons. The highest BCUT2D eigenvalue weighted by molar-refractivity contribution is 5.41. The molecule has 0 aliphatic heterocycles. The fraction of sp³-hybridized carbons (Fsp3) is 0.222. The van der Waals surface area contributed by atoms with E-state index in [1.165, 1.54) is 5.69 Å². The summed E-state index contributed by atoms with van der Waals surface area (Å²) in [5.41, 5.74) is 3.34. The summed E-state index contributed by atoms with van der Waals surface area (Å²) in [6.07, 6.45) is 2.02. The lowest BCUT2D eigenvalue weighted by Crippen LogP contribution is -1.93. The van der Waals surface area contributed by atoms with E-state index in [0.29, 0.717) is 0 Å². The van der Waals surface area contributed by atoms with Crippen molar-refractivity contribution in [3.8, 4) is 0 Å². The summed E-state index contributed by atoms with van der Waals surface area (Å²) in [6.45, 7) is 4.10. The number of rotatable bonds is 0. The van der Waals surface area contributed by atoms with E-state index in [2.05, 4.69) is 22.4 Å².